The van der Waals surface area contributed by atoms with Gasteiger partial charge in [0.2, 0.25) is 0 Å². The maximum atomic E-state index is 13.1. The lowest BCUT2D eigenvalue weighted by molar-refractivity contribution is -0.139. The molecule has 0 saturated carbocycles. The van der Waals surface area contributed by atoms with E-state index in [0.717, 1.165) is 11.3 Å². The van der Waals surface area contributed by atoms with Gasteiger partial charge in [-0.25, -0.2) is 9.59 Å². The summed E-state index contributed by atoms with van der Waals surface area (Å²) in [7, 11) is 0. The maximum absolute atomic E-state index is 13.1. The number of barbiturate groups is 1. The Kier molecular flexibility index (Phi) is 9.07. The number of hydrogen-bond donors (Lipinski definition) is 2. The molecule has 2 aromatic rings. The average molecular weight is 561 g/mol. The van der Waals surface area contributed by atoms with Crippen LogP contribution in [0.5, 0.6) is 17.2 Å². The van der Waals surface area contributed by atoms with Crippen molar-refractivity contribution in [3.05, 3.63) is 57.6 Å². The second-order valence-corrected chi connectivity index (χ2v) is 8.50. The number of nitrogens with one attached hydrogen (secondary N) is 1. The lowest BCUT2D eigenvalue weighted by atomic mass is 10.1. The van der Waals surface area contributed by atoms with E-state index in [9.17, 15) is 19.2 Å². The molecule has 1 fully saturated rings. The number of carbonyl (C=O) groups is 4. The summed E-state index contributed by atoms with van der Waals surface area (Å²) in [6, 6.07) is 8.93. The van der Waals surface area contributed by atoms with Gasteiger partial charge in [0.1, 0.15) is 11.3 Å². The zero-order valence-electron chi connectivity index (χ0n) is 19.7. The third kappa shape index (κ3) is 6.63. The molecule has 0 aliphatic carbocycles. The zero-order valence-corrected chi connectivity index (χ0v) is 21.3. The van der Waals surface area contributed by atoms with Crippen molar-refractivity contribution in [1.29, 1.82) is 0 Å². The van der Waals surface area contributed by atoms with E-state index in [0.29, 0.717) is 40.3 Å². The molecule has 4 amide bonds. The van der Waals surface area contributed by atoms with Crippen LogP contribution in [0.15, 0.2) is 46.4 Å². The molecule has 0 spiro atoms. The van der Waals surface area contributed by atoms with Crippen LogP contribution in [0.2, 0.25) is 0 Å². The van der Waals surface area contributed by atoms with Gasteiger partial charge in [-0.1, -0.05) is 19.1 Å². The van der Waals surface area contributed by atoms with Gasteiger partial charge in [-0.2, -0.15) is 0 Å². The van der Waals surface area contributed by atoms with E-state index in [1.165, 1.54) is 12.1 Å². The van der Waals surface area contributed by atoms with Crippen molar-refractivity contribution in [2.45, 2.75) is 26.8 Å². The second-order valence-electron chi connectivity index (χ2n) is 7.64. The molecule has 11 heteroatoms. The van der Waals surface area contributed by atoms with Gasteiger partial charge in [-0.3, -0.25) is 19.8 Å². The topological polar surface area (TPSA) is 131 Å². The van der Waals surface area contributed by atoms with E-state index in [1.807, 2.05) is 13.8 Å². The fraction of sp³-hybridized carbons (Fsp3) is 0.280. The monoisotopic (exact) mass is 560 g/mol. The molecule has 0 bridgehead atoms. The van der Waals surface area contributed by atoms with Crippen molar-refractivity contribution < 1.29 is 38.5 Å². The number of ether oxygens (including phenoxy) is 3. The van der Waals surface area contributed by atoms with Gasteiger partial charge in [0, 0.05) is 0 Å². The molecule has 2 aromatic carbocycles. The third-order valence-corrected chi connectivity index (χ3v) is 5.53. The number of aliphatic carboxylic acids is 1. The Morgan fingerprint density at radius 3 is 2.44 bits per heavy atom. The number of carbonyl (C=O) groups excluding carboxylic acids is 3. The number of urea groups is 1. The highest BCUT2D eigenvalue weighted by atomic mass is 79.9. The molecular formula is C25H25BrN2O8. The second kappa shape index (κ2) is 12.2. The van der Waals surface area contributed by atoms with Gasteiger partial charge in [0.05, 0.1) is 24.2 Å². The van der Waals surface area contributed by atoms with Crippen molar-refractivity contribution in [3.8, 4) is 17.2 Å². The van der Waals surface area contributed by atoms with Crippen LogP contribution in [0.25, 0.3) is 6.08 Å². The molecule has 0 radical (unpaired) electrons. The average Bonchev–Trinajstić information content (AvgIpc) is 2.83. The number of imide groups is 2. The third-order valence-electron chi connectivity index (χ3n) is 4.91. The van der Waals surface area contributed by atoms with Crippen molar-refractivity contribution >= 4 is 45.8 Å². The fourth-order valence-electron chi connectivity index (χ4n) is 3.30. The summed E-state index contributed by atoms with van der Waals surface area (Å²) in [5, 5.41) is 10.9. The van der Waals surface area contributed by atoms with E-state index < -0.39 is 30.4 Å². The van der Waals surface area contributed by atoms with Crippen LogP contribution in [-0.2, 0) is 20.9 Å². The highest BCUT2D eigenvalue weighted by Crippen LogP contribution is 2.30. The number of amides is 4. The summed E-state index contributed by atoms with van der Waals surface area (Å²) in [6.07, 6.45) is 2.17. The lowest BCUT2D eigenvalue weighted by Crippen LogP contribution is -2.53. The molecule has 36 heavy (non-hydrogen) atoms. The van der Waals surface area contributed by atoms with Crippen LogP contribution >= 0.6 is 15.9 Å². The Morgan fingerprint density at radius 1 is 1.03 bits per heavy atom. The van der Waals surface area contributed by atoms with E-state index in [4.69, 9.17) is 19.3 Å². The van der Waals surface area contributed by atoms with Crippen LogP contribution in [0, 0.1) is 0 Å². The Morgan fingerprint density at radius 2 is 1.78 bits per heavy atom. The summed E-state index contributed by atoms with van der Waals surface area (Å²) < 4.78 is 16.9. The Labute approximate surface area is 215 Å². The summed E-state index contributed by atoms with van der Waals surface area (Å²) in [6.45, 7) is 4.15. The molecule has 190 valence electrons. The summed E-state index contributed by atoms with van der Waals surface area (Å²) >= 11 is 3.28. The highest BCUT2D eigenvalue weighted by Gasteiger charge is 2.35. The minimum atomic E-state index is -1.13. The van der Waals surface area contributed by atoms with Crippen molar-refractivity contribution in [1.82, 2.24) is 10.2 Å². The SMILES string of the molecule is CCCOc1ccc(CN2C(=O)NC(=O)/C(=C\c3ccc(OCC(=O)O)c(Br)c3)C2=O)cc1OCC. The first-order valence-corrected chi connectivity index (χ1v) is 11.9. The number of carboxylic acid groups (broad SMARTS) is 1. The predicted molar refractivity (Wildman–Crippen MR) is 133 cm³/mol. The van der Waals surface area contributed by atoms with Crippen molar-refractivity contribution in [3.63, 3.8) is 0 Å². The molecule has 1 heterocycles. The Bertz CT molecular complexity index is 1210. The fourth-order valence-corrected chi connectivity index (χ4v) is 3.81. The van der Waals surface area contributed by atoms with Gasteiger partial charge >= 0.3 is 12.0 Å². The number of benzene rings is 2. The molecule has 1 saturated heterocycles. The number of nitrogens with zero attached hydrogens (tertiary/aromatic N) is 1. The molecule has 1 aliphatic rings. The zero-order chi connectivity index (χ0) is 26.2. The van der Waals surface area contributed by atoms with Crippen LogP contribution in [0.1, 0.15) is 31.4 Å². The number of hydrogen-bond acceptors (Lipinski definition) is 7. The van der Waals surface area contributed by atoms with Crippen LogP contribution in [0.3, 0.4) is 0 Å². The van der Waals surface area contributed by atoms with E-state index in [-0.39, 0.29) is 17.9 Å². The molecule has 3 rings (SSSR count). The first-order chi connectivity index (χ1) is 17.2. The smallest absolute Gasteiger partial charge is 0.341 e. The highest BCUT2D eigenvalue weighted by molar-refractivity contribution is 9.10. The van der Waals surface area contributed by atoms with Gasteiger partial charge in [0.25, 0.3) is 11.8 Å². The molecule has 0 aromatic heterocycles. The van der Waals surface area contributed by atoms with Crippen LogP contribution < -0.4 is 19.5 Å². The van der Waals surface area contributed by atoms with Crippen molar-refractivity contribution in [2.24, 2.45) is 0 Å². The minimum Gasteiger partial charge on any atom is -0.490 e. The Hall–Kier alpha value is -3.86. The molecule has 0 atom stereocenters. The van der Waals surface area contributed by atoms with Gasteiger partial charge in [-0.05, 0) is 70.7 Å². The van der Waals surface area contributed by atoms with E-state index in [1.54, 1.807) is 30.3 Å². The Balaban J connectivity index is 1.83. The van der Waals surface area contributed by atoms with Gasteiger partial charge in [-0.15, -0.1) is 0 Å². The van der Waals surface area contributed by atoms with E-state index >= 15 is 0 Å². The van der Waals surface area contributed by atoms with Gasteiger partial charge < -0.3 is 19.3 Å². The number of rotatable bonds is 11. The molecular weight excluding hydrogens is 536 g/mol. The number of carboxylic acids is 1. The molecule has 0 unspecified atom stereocenters. The molecule has 2 N–H and O–H groups in total. The first-order valence-electron chi connectivity index (χ1n) is 11.1. The normalized spacial score (nSPS) is 14.6. The summed E-state index contributed by atoms with van der Waals surface area (Å²) in [5.74, 6) is -1.35. The van der Waals surface area contributed by atoms with Gasteiger partial charge in [0.15, 0.2) is 18.1 Å². The summed E-state index contributed by atoms with van der Waals surface area (Å²) in [5.41, 5.74) is 0.851. The maximum Gasteiger partial charge on any atom is 0.341 e. The number of halogens is 1. The lowest BCUT2D eigenvalue weighted by Gasteiger charge is -2.26. The quantitative estimate of drug-likeness (QED) is 0.313. The standard InChI is InChI=1S/C25H25BrN2O8/c1-3-9-35-20-8-6-16(12-21(20)34-4-2)13-28-24(32)17(23(31)27-25(28)33)10-15-5-7-19(18(26)11-15)36-14-22(29)30/h5-8,10-12H,3-4,9,13-14H2,1-2H3,(H,29,30)(H,27,31,33)/b17-10+. The predicted octanol–water partition coefficient (Wildman–Crippen LogP) is 3.76. The minimum absolute atomic E-state index is 0.0882. The molecule has 1 aliphatic heterocycles. The van der Waals surface area contributed by atoms with Crippen molar-refractivity contribution in [2.75, 3.05) is 19.8 Å². The van der Waals surface area contributed by atoms with Crippen LogP contribution in [-0.4, -0.2) is 53.6 Å². The molecule has 10 nitrogen and oxygen atoms in total. The summed E-state index contributed by atoms with van der Waals surface area (Å²) in [4.78, 5) is 49.7. The largest absolute Gasteiger partial charge is 0.490 e. The first kappa shape index (κ1) is 26.7. The van der Waals surface area contributed by atoms with E-state index in [2.05, 4.69) is 21.2 Å². The van der Waals surface area contributed by atoms with Crippen LogP contribution in [0.4, 0.5) is 4.79 Å².